The lowest BCUT2D eigenvalue weighted by molar-refractivity contribution is 0.153. The molecule has 0 radical (unpaired) electrons. The van der Waals surface area contributed by atoms with Crippen molar-refractivity contribution in [1.29, 1.82) is 0 Å². The van der Waals surface area contributed by atoms with Gasteiger partial charge in [0, 0.05) is 13.1 Å². The molecule has 0 saturated carbocycles. The Hall–Kier alpha value is -1.59. The molecule has 2 aliphatic heterocycles. The average molecular weight is 317 g/mol. The number of hydrogen-bond donors (Lipinski definition) is 2. The summed E-state index contributed by atoms with van der Waals surface area (Å²) >= 11 is 0. The molecule has 1 aromatic rings. The minimum Gasteiger partial charge on any atom is -0.394 e. The third kappa shape index (κ3) is 3.85. The molecule has 23 heavy (non-hydrogen) atoms. The number of urea groups is 1. The van der Waals surface area contributed by atoms with E-state index in [1.165, 1.54) is 18.4 Å². The van der Waals surface area contributed by atoms with Gasteiger partial charge in [-0.15, -0.1) is 0 Å². The Bertz CT molecular complexity index is 502. The van der Waals surface area contributed by atoms with Crippen LogP contribution in [0.25, 0.3) is 0 Å². The van der Waals surface area contributed by atoms with E-state index >= 15 is 0 Å². The highest BCUT2D eigenvalue weighted by atomic mass is 16.3. The van der Waals surface area contributed by atoms with Gasteiger partial charge >= 0.3 is 6.03 Å². The summed E-state index contributed by atoms with van der Waals surface area (Å²) in [6.45, 7) is 3.62. The van der Waals surface area contributed by atoms with Gasteiger partial charge in [-0.1, -0.05) is 30.3 Å². The Balaban J connectivity index is 1.63. The zero-order valence-electron chi connectivity index (χ0n) is 13.7. The third-order valence-electron chi connectivity index (χ3n) is 5.06. The van der Waals surface area contributed by atoms with Crippen LogP contribution in [0.2, 0.25) is 0 Å². The predicted molar refractivity (Wildman–Crippen MR) is 90.2 cm³/mol. The smallest absolute Gasteiger partial charge is 0.317 e. The highest BCUT2D eigenvalue weighted by Gasteiger charge is 2.29. The van der Waals surface area contributed by atoms with Crippen LogP contribution < -0.4 is 5.32 Å². The number of benzene rings is 1. The van der Waals surface area contributed by atoms with Crippen molar-refractivity contribution in [2.75, 3.05) is 32.8 Å². The Morgan fingerprint density at radius 1 is 1.17 bits per heavy atom. The fourth-order valence-electron chi connectivity index (χ4n) is 3.76. The second kappa shape index (κ2) is 7.79. The van der Waals surface area contributed by atoms with Crippen LogP contribution in [-0.4, -0.2) is 59.8 Å². The summed E-state index contributed by atoms with van der Waals surface area (Å²) in [5, 5.41) is 12.5. The van der Waals surface area contributed by atoms with Crippen LogP contribution in [-0.2, 0) is 0 Å². The number of likely N-dealkylation sites (tertiary alicyclic amines) is 2. The van der Waals surface area contributed by atoms with E-state index < -0.39 is 0 Å². The first-order valence-electron chi connectivity index (χ1n) is 8.74. The molecule has 126 valence electrons. The zero-order valence-corrected chi connectivity index (χ0v) is 13.7. The van der Waals surface area contributed by atoms with Gasteiger partial charge in [0.1, 0.15) is 0 Å². The largest absolute Gasteiger partial charge is 0.394 e. The molecule has 1 aromatic carbocycles. The van der Waals surface area contributed by atoms with Gasteiger partial charge in [-0.05, 0) is 44.3 Å². The molecule has 0 aliphatic carbocycles. The van der Waals surface area contributed by atoms with Crippen LogP contribution in [0, 0.1) is 0 Å². The van der Waals surface area contributed by atoms with Crippen molar-refractivity contribution in [2.45, 2.75) is 37.8 Å². The van der Waals surface area contributed by atoms with E-state index in [2.05, 4.69) is 34.5 Å². The first-order valence-corrected chi connectivity index (χ1v) is 8.74. The maximum atomic E-state index is 12.5. The van der Waals surface area contributed by atoms with Crippen LogP contribution in [0.15, 0.2) is 30.3 Å². The van der Waals surface area contributed by atoms with E-state index in [-0.39, 0.29) is 24.7 Å². The molecule has 2 aliphatic rings. The molecule has 3 rings (SSSR count). The number of amides is 2. The molecule has 5 heteroatoms. The fourth-order valence-corrected chi connectivity index (χ4v) is 3.76. The molecule has 2 amide bonds. The second-order valence-corrected chi connectivity index (χ2v) is 6.53. The van der Waals surface area contributed by atoms with Crippen molar-refractivity contribution in [1.82, 2.24) is 15.1 Å². The van der Waals surface area contributed by atoms with Gasteiger partial charge in [-0.3, -0.25) is 4.90 Å². The monoisotopic (exact) mass is 317 g/mol. The molecule has 2 unspecified atom stereocenters. The van der Waals surface area contributed by atoms with Crippen molar-refractivity contribution in [3.8, 4) is 0 Å². The average Bonchev–Trinajstić information content (AvgIpc) is 3.27. The molecule has 2 N–H and O–H groups in total. The predicted octanol–water partition coefficient (Wildman–Crippen LogP) is 1.99. The van der Waals surface area contributed by atoms with Crippen LogP contribution in [0.5, 0.6) is 0 Å². The molecule has 0 spiro atoms. The quantitative estimate of drug-likeness (QED) is 0.873. The molecule has 0 bridgehead atoms. The number of rotatable bonds is 5. The van der Waals surface area contributed by atoms with Gasteiger partial charge in [-0.2, -0.15) is 0 Å². The Morgan fingerprint density at radius 2 is 1.91 bits per heavy atom. The third-order valence-corrected chi connectivity index (χ3v) is 5.06. The van der Waals surface area contributed by atoms with Crippen molar-refractivity contribution in [2.24, 2.45) is 0 Å². The number of carbonyl (C=O) groups excluding carboxylic acids is 1. The van der Waals surface area contributed by atoms with E-state index in [9.17, 15) is 9.90 Å². The number of nitrogens with one attached hydrogen (secondary N) is 1. The van der Waals surface area contributed by atoms with Gasteiger partial charge in [0.25, 0.3) is 0 Å². The van der Waals surface area contributed by atoms with Crippen LogP contribution in [0.3, 0.4) is 0 Å². The molecule has 0 aromatic heterocycles. The Kier molecular flexibility index (Phi) is 5.51. The van der Waals surface area contributed by atoms with Crippen molar-refractivity contribution >= 4 is 6.03 Å². The minimum absolute atomic E-state index is 0.0167. The molecule has 2 saturated heterocycles. The molecule has 2 fully saturated rings. The van der Waals surface area contributed by atoms with Gasteiger partial charge in [-0.25, -0.2) is 4.79 Å². The fraction of sp³-hybridized carbons (Fsp3) is 0.611. The van der Waals surface area contributed by atoms with E-state index in [0.717, 1.165) is 32.5 Å². The van der Waals surface area contributed by atoms with Crippen LogP contribution >= 0.6 is 0 Å². The molecule has 5 nitrogen and oxygen atoms in total. The van der Waals surface area contributed by atoms with E-state index in [0.29, 0.717) is 6.54 Å². The lowest BCUT2D eigenvalue weighted by atomic mass is 10.1. The van der Waals surface area contributed by atoms with Gasteiger partial charge in [0.15, 0.2) is 0 Å². The lowest BCUT2D eigenvalue weighted by Crippen LogP contribution is -2.46. The maximum Gasteiger partial charge on any atom is 0.317 e. The van der Waals surface area contributed by atoms with E-state index in [1.54, 1.807) is 4.90 Å². The number of aliphatic hydroxyl groups excluding tert-OH is 1. The zero-order chi connectivity index (χ0) is 16.1. The molecule has 2 heterocycles. The highest BCUT2D eigenvalue weighted by Crippen LogP contribution is 2.24. The number of carbonyl (C=O) groups is 1. The van der Waals surface area contributed by atoms with Gasteiger partial charge < -0.3 is 15.3 Å². The highest BCUT2D eigenvalue weighted by molar-refractivity contribution is 5.75. The molecular weight excluding hydrogens is 290 g/mol. The minimum atomic E-state index is -0.0401. The summed E-state index contributed by atoms with van der Waals surface area (Å²) in [5.41, 5.74) is 1.26. The van der Waals surface area contributed by atoms with Crippen molar-refractivity contribution in [3.05, 3.63) is 35.9 Å². The standard InChI is InChI=1S/C18H27N3O2/c22-14-16-9-6-12-21(16)18(23)19-13-17(20-10-4-5-11-20)15-7-2-1-3-8-15/h1-3,7-8,16-17,22H,4-6,9-14H2,(H,19,23). The first kappa shape index (κ1) is 16.3. The van der Waals surface area contributed by atoms with Crippen LogP contribution in [0.4, 0.5) is 4.79 Å². The number of aliphatic hydroxyl groups is 1. The molecule has 2 atom stereocenters. The first-order chi connectivity index (χ1) is 11.3. The second-order valence-electron chi connectivity index (χ2n) is 6.53. The SMILES string of the molecule is O=C(NCC(c1ccccc1)N1CCCC1)N1CCCC1CO. The summed E-state index contributed by atoms with van der Waals surface area (Å²) in [7, 11) is 0. The van der Waals surface area contributed by atoms with Crippen molar-refractivity contribution in [3.63, 3.8) is 0 Å². The normalized spacial score (nSPS) is 23.2. The Labute approximate surface area is 138 Å². The summed E-state index contributed by atoms with van der Waals surface area (Å²) in [5.74, 6) is 0. The summed E-state index contributed by atoms with van der Waals surface area (Å²) in [6.07, 6.45) is 4.34. The van der Waals surface area contributed by atoms with E-state index in [4.69, 9.17) is 0 Å². The molecular formula is C18H27N3O2. The van der Waals surface area contributed by atoms with Gasteiger partial charge in [0.2, 0.25) is 0 Å². The van der Waals surface area contributed by atoms with E-state index in [1.807, 2.05) is 6.07 Å². The summed E-state index contributed by atoms with van der Waals surface area (Å²) < 4.78 is 0. The lowest BCUT2D eigenvalue weighted by Gasteiger charge is -2.30. The van der Waals surface area contributed by atoms with Crippen molar-refractivity contribution < 1.29 is 9.90 Å². The summed E-state index contributed by atoms with van der Waals surface area (Å²) in [4.78, 5) is 16.7. The Morgan fingerprint density at radius 3 is 2.61 bits per heavy atom. The maximum absolute atomic E-state index is 12.5. The topological polar surface area (TPSA) is 55.8 Å². The number of hydrogen-bond acceptors (Lipinski definition) is 3. The van der Waals surface area contributed by atoms with Crippen LogP contribution in [0.1, 0.15) is 37.3 Å². The number of nitrogens with zero attached hydrogens (tertiary/aromatic N) is 2. The summed E-state index contributed by atoms with van der Waals surface area (Å²) in [6, 6.07) is 10.6. The van der Waals surface area contributed by atoms with Gasteiger partial charge in [0.05, 0.1) is 18.7 Å².